The largest absolute Gasteiger partial charge is 0.344 e. The van der Waals surface area contributed by atoms with Crippen molar-refractivity contribution in [3.8, 4) is 0 Å². The molecule has 0 spiro atoms. The highest BCUT2D eigenvalue weighted by Crippen LogP contribution is 2.26. The van der Waals surface area contributed by atoms with Crippen LogP contribution in [0.4, 0.5) is 0 Å². The zero-order chi connectivity index (χ0) is 13.8. The molecule has 1 N–H and O–H groups in total. The Morgan fingerprint density at radius 3 is 2.53 bits per heavy atom. The third-order valence-corrected chi connectivity index (χ3v) is 4.82. The molecule has 4 heteroatoms. The molecular formula is C15H16INOS. The molecule has 2 rings (SSSR count). The first-order valence-corrected chi connectivity index (χ1v) is 8.14. The molecule has 0 saturated carbocycles. The van der Waals surface area contributed by atoms with Gasteiger partial charge in [-0.15, -0.1) is 11.3 Å². The number of amides is 1. The van der Waals surface area contributed by atoms with Crippen LogP contribution >= 0.6 is 33.9 Å². The molecular weight excluding hydrogens is 369 g/mol. The van der Waals surface area contributed by atoms with Gasteiger partial charge in [0.25, 0.3) is 5.91 Å². The van der Waals surface area contributed by atoms with Gasteiger partial charge in [-0.2, -0.15) is 0 Å². The normalized spacial score (nSPS) is 12.4. The number of carbonyl (C=O) groups excluding carboxylic acids is 1. The predicted octanol–water partition coefficient (Wildman–Crippen LogP) is 4.48. The number of carbonyl (C=O) groups is 1. The van der Waals surface area contributed by atoms with Gasteiger partial charge in [-0.05, 0) is 52.1 Å². The first-order chi connectivity index (χ1) is 9.09. The maximum Gasteiger partial charge on any atom is 0.252 e. The molecule has 1 aromatic carbocycles. The van der Waals surface area contributed by atoms with Gasteiger partial charge >= 0.3 is 0 Å². The van der Waals surface area contributed by atoms with Gasteiger partial charge in [0.15, 0.2) is 0 Å². The topological polar surface area (TPSA) is 29.1 Å². The fraction of sp³-hybridized carbons (Fsp3) is 0.267. The molecule has 2 aromatic rings. The summed E-state index contributed by atoms with van der Waals surface area (Å²) < 4.78 is 0.978. The number of benzene rings is 1. The molecule has 100 valence electrons. The number of halogens is 1. The highest BCUT2D eigenvalue weighted by molar-refractivity contribution is 14.1. The van der Waals surface area contributed by atoms with Crippen molar-refractivity contribution in [2.75, 3.05) is 0 Å². The minimum Gasteiger partial charge on any atom is -0.344 e. The van der Waals surface area contributed by atoms with Gasteiger partial charge in [0.05, 0.1) is 11.6 Å². The van der Waals surface area contributed by atoms with Crippen LogP contribution in [0.2, 0.25) is 0 Å². The van der Waals surface area contributed by atoms with Gasteiger partial charge in [-0.25, -0.2) is 0 Å². The molecule has 0 radical (unpaired) electrons. The number of nitrogens with one attached hydrogen (secondary N) is 1. The van der Waals surface area contributed by atoms with Crippen molar-refractivity contribution in [3.05, 3.63) is 55.8 Å². The van der Waals surface area contributed by atoms with E-state index in [9.17, 15) is 4.79 Å². The van der Waals surface area contributed by atoms with Crippen molar-refractivity contribution < 1.29 is 4.79 Å². The molecule has 0 aliphatic heterocycles. The first kappa shape index (κ1) is 14.5. The van der Waals surface area contributed by atoms with E-state index in [0.717, 1.165) is 9.13 Å². The van der Waals surface area contributed by atoms with E-state index < -0.39 is 0 Å². The van der Waals surface area contributed by atoms with E-state index >= 15 is 0 Å². The maximum absolute atomic E-state index is 12.4. The van der Waals surface area contributed by atoms with Crippen LogP contribution in [0.15, 0.2) is 41.8 Å². The van der Waals surface area contributed by atoms with E-state index in [2.05, 4.69) is 47.8 Å². The van der Waals surface area contributed by atoms with Crippen LogP contribution < -0.4 is 5.32 Å². The Morgan fingerprint density at radius 1 is 1.21 bits per heavy atom. The predicted molar refractivity (Wildman–Crippen MR) is 88.5 cm³/mol. The Kier molecular flexibility index (Phi) is 4.99. The smallest absolute Gasteiger partial charge is 0.252 e. The van der Waals surface area contributed by atoms with Gasteiger partial charge in [0, 0.05) is 8.45 Å². The van der Waals surface area contributed by atoms with E-state index in [0.29, 0.717) is 5.92 Å². The van der Waals surface area contributed by atoms with Crippen molar-refractivity contribution in [2.45, 2.75) is 19.9 Å². The fourth-order valence-corrected chi connectivity index (χ4v) is 3.48. The molecule has 0 fully saturated rings. The van der Waals surface area contributed by atoms with Gasteiger partial charge in [-0.3, -0.25) is 4.79 Å². The molecule has 19 heavy (non-hydrogen) atoms. The summed E-state index contributed by atoms with van der Waals surface area (Å²) >= 11 is 3.88. The molecule has 0 aliphatic rings. The summed E-state index contributed by atoms with van der Waals surface area (Å²) in [6, 6.07) is 11.8. The maximum atomic E-state index is 12.4. The van der Waals surface area contributed by atoms with Crippen molar-refractivity contribution in [3.63, 3.8) is 0 Å². The van der Waals surface area contributed by atoms with Gasteiger partial charge in [-0.1, -0.05) is 32.0 Å². The van der Waals surface area contributed by atoms with Crippen LogP contribution in [0, 0.1) is 9.49 Å². The van der Waals surface area contributed by atoms with E-state index in [1.165, 1.54) is 4.88 Å². The zero-order valence-electron chi connectivity index (χ0n) is 10.9. The van der Waals surface area contributed by atoms with Crippen molar-refractivity contribution >= 4 is 39.8 Å². The summed E-state index contributed by atoms with van der Waals surface area (Å²) in [5, 5.41) is 5.19. The lowest BCUT2D eigenvalue weighted by molar-refractivity contribution is 0.0925. The van der Waals surface area contributed by atoms with Crippen LogP contribution in [0.5, 0.6) is 0 Å². The molecule has 1 heterocycles. The third kappa shape index (κ3) is 3.57. The van der Waals surface area contributed by atoms with Crippen molar-refractivity contribution in [1.29, 1.82) is 0 Å². The Morgan fingerprint density at radius 2 is 1.95 bits per heavy atom. The molecule has 1 aromatic heterocycles. The summed E-state index contributed by atoms with van der Waals surface area (Å²) in [6.07, 6.45) is 0. The van der Waals surface area contributed by atoms with Crippen LogP contribution in [-0.2, 0) is 0 Å². The Balaban J connectivity index is 2.19. The van der Waals surface area contributed by atoms with Crippen molar-refractivity contribution in [2.24, 2.45) is 5.92 Å². The Labute approximate surface area is 131 Å². The molecule has 2 nitrogen and oxygen atoms in total. The van der Waals surface area contributed by atoms with E-state index in [-0.39, 0.29) is 11.9 Å². The van der Waals surface area contributed by atoms with Crippen LogP contribution in [-0.4, -0.2) is 5.91 Å². The van der Waals surface area contributed by atoms with E-state index in [4.69, 9.17) is 0 Å². The quantitative estimate of drug-likeness (QED) is 0.773. The minimum atomic E-state index is -0.00269. The molecule has 1 atom stereocenters. The van der Waals surface area contributed by atoms with Crippen molar-refractivity contribution in [1.82, 2.24) is 5.32 Å². The Hall–Kier alpha value is -0.880. The monoisotopic (exact) mass is 385 g/mol. The van der Waals surface area contributed by atoms with Gasteiger partial charge < -0.3 is 5.32 Å². The van der Waals surface area contributed by atoms with Gasteiger partial charge in [0.1, 0.15) is 0 Å². The third-order valence-electron chi connectivity index (χ3n) is 2.92. The number of hydrogen-bond acceptors (Lipinski definition) is 2. The average molecular weight is 385 g/mol. The highest BCUT2D eigenvalue weighted by Gasteiger charge is 2.20. The second-order valence-corrected chi connectivity index (χ2v) is 6.83. The summed E-state index contributed by atoms with van der Waals surface area (Å²) in [4.78, 5) is 13.6. The summed E-state index contributed by atoms with van der Waals surface area (Å²) in [5.74, 6) is 0.362. The molecule has 0 bridgehead atoms. The molecule has 1 amide bonds. The number of hydrogen-bond donors (Lipinski definition) is 1. The van der Waals surface area contributed by atoms with Gasteiger partial charge in [0.2, 0.25) is 0 Å². The second-order valence-electron chi connectivity index (χ2n) is 4.69. The lowest BCUT2D eigenvalue weighted by Gasteiger charge is -2.21. The fourth-order valence-electron chi connectivity index (χ4n) is 1.90. The highest BCUT2D eigenvalue weighted by atomic mass is 127. The van der Waals surface area contributed by atoms with Crippen LogP contribution in [0.25, 0.3) is 0 Å². The summed E-state index contributed by atoms with van der Waals surface area (Å²) in [7, 11) is 0. The zero-order valence-corrected chi connectivity index (χ0v) is 13.9. The van der Waals surface area contributed by atoms with Crippen LogP contribution in [0.1, 0.15) is 35.1 Å². The lowest BCUT2D eigenvalue weighted by atomic mass is 10.0. The van der Waals surface area contributed by atoms with E-state index in [1.54, 1.807) is 11.3 Å². The summed E-state index contributed by atoms with van der Waals surface area (Å²) in [6.45, 7) is 4.25. The molecule has 1 unspecified atom stereocenters. The SMILES string of the molecule is CC(C)C(NC(=O)c1ccccc1I)c1cccs1. The average Bonchev–Trinajstić information content (AvgIpc) is 2.89. The lowest BCUT2D eigenvalue weighted by Crippen LogP contribution is -2.31. The van der Waals surface area contributed by atoms with E-state index in [1.807, 2.05) is 35.7 Å². The summed E-state index contributed by atoms with van der Waals surface area (Å²) in [5.41, 5.74) is 0.741. The molecule has 0 saturated heterocycles. The first-order valence-electron chi connectivity index (χ1n) is 6.18. The number of rotatable bonds is 4. The number of thiophene rings is 1. The molecule has 0 aliphatic carbocycles. The minimum absolute atomic E-state index is 0.00269. The van der Waals surface area contributed by atoms with Crippen LogP contribution in [0.3, 0.4) is 0 Å². The standard InChI is InChI=1S/C15H16INOS/c1-10(2)14(13-8-5-9-19-13)17-15(18)11-6-3-4-7-12(11)16/h3-10,14H,1-2H3,(H,17,18). The Bertz CT molecular complexity index is 551. The second kappa shape index (κ2) is 6.52.